The smallest absolute Gasteiger partial charge is 0.289 e. The lowest BCUT2D eigenvalue weighted by atomic mass is 10.2. The molecular weight excluding hydrogens is 250 g/mol. The van der Waals surface area contributed by atoms with E-state index in [4.69, 9.17) is 23.8 Å². The van der Waals surface area contributed by atoms with E-state index < -0.39 is 0 Å². The van der Waals surface area contributed by atoms with Gasteiger partial charge in [-0.15, -0.1) is 0 Å². The Hall–Kier alpha value is -0.840. The van der Waals surface area contributed by atoms with Crippen LogP contribution >= 0.6 is 35.6 Å². The summed E-state index contributed by atoms with van der Waals surface area (Å²) in [5, 5.41) is 3.06. The Balaban J connectivity index is 2.35. The topological polar surface area (TPSA) is 29.1 Å². The van der Waals surface area contributed by atoms with Crippen LogP contribution in [-0.4, -0.2) is 10.2 Å². The zero-order chi connectivity index (χ0) is 10.8. The second-order valence-corrected chi connectivity index (χ2v) is 4.70. The van der Waals surface area contributed by atoms with Gasteiger partial charge in [-0.25, -0.2) is 0 Å². The number of carbonyl (C=O) groups excluding carboxylic acids is 1. The van der Waals surface area contributed by atoms with Crippen molar-refractivity contribution in [1.82, 2.24) is 5.32 Å². The van der Waals surface area contributed by atoms with Gasteiger partial charge >= 0.3 is 0 Å². The number of thioether (sulfide) groups is 1. The van der Waals surface area contributed by atoms with Crippen LogP contribution in [0.25, 0.3) is 6.08 Å². The molecule has 1 aromatic carbocycles. The molecule has 0 aromatic heterocycles. The third-order valence-corrected chi connectivity index (χ3v) is 3.46. The molecule has 0 unspecified atom stereocenters. The predicted octanol–water partition coefficient (Wildman–Crippen LogP) is 3.46. The first-order valence-corrected chi connectivity index (χ1v) is 5.76. The number of amides is 1. The van der Waals surface area contributed by atoms with Crippen LogP contribution in [-0.2, 0) is 0 Å². The molecule has 0 spiro atoms. The van der Waals surface area contributed by atoms with Gasteiger partial charge in [0, 0.05) is 5.02 Å². The van der Waals surface area contributed by atoms with Crippen LogP contribution in [0.2, 0.25) is 5.02 Å². The predicted molar refractivity (Wildman–Crippen MR) is 68.1 cm³/mol. The molecule has 1 N–H and O–H groups in total. The molecule has 0 radical (unpaired) electrons. The number of carbonyl (C=O) groups is 1. The highest BCUT2D eigenvalue weighted by atomic mass is 35.5. The van der Waals surface area contributed by atoms with Crippen LogP contribution in [0.3, 0.4) is 0 Å². The molecule has 1 aliphatic heterocycles. The maximum atomic E-state index is 11.0. The first-order chi connectivity index (χ1) is 7.16. The van der Waals surface area contributed by atoms with Crippen molar-refractivity contribution in [3.05, 3.63) is 39.8 Å². The van der Waals surface area contributed by atoms with Crippen molar-refractivity contribution in [3.8, 4) is 0 Å². The molecular formula is C10H6ClNOS2. The third kappa shape index (κ3) is 2.40. The van der Waals surface area contributed by atoms with Crippen molar-refractivity contribution in [2.75, 3.05) is 0 Å². The summed E-state index contributed by atoms with van der Waals surface area (Å²) in [6.45, 7) is 0. The van der Waals surface area contributed by atoms with Crippen LogP contribution in [0.5, 0.6) is 0 Å². The van der Waals surface area contributed by atoms with E-state index >= 15 is 0 Å². The van der Waals surface area contributed by atoms with Gasteiger partial charge in [-0.2, -0.15) is 0 Å². The molecule has 5 heteroatoms. The first-order valence-electron chi connectivity index (χ1n) is 4.16. The third-order valence-electron chi connectivity index (χ3n) is 1.83. The van der Waals surface area contributed by atoms with E-state index in [1.54, 1.807) is 6.07 Å². The number of thiocarbonyl (C=S) groups is 1. The average Bonchev–Trinajstić information content (AvgIpc) is 2.49. The molecule has 76 valence electrons. The normalized spacial score (nSPS) is 18.3. The lowest BCUT2D eigenvalue weighted by Gasteiger charge is -1.98. The summed E-state index contributed by atoms with van der Waals surface area (Å²) in [4.78, 5) is 12.2. The fourth-order valence-electron chi connectivity index (χ4n) is 1.15. The summed E-state index contributed by atoms with van der Waals surface area (Å²) >= 11 is 12.1. The van der Waals surface area contributed by atoms with Crippen molar-refractivity contribution >= 4 is 51.9 Å². The van der Waals surface area contributed by atoms with Gasteiger partial charge in [0.25, 0.3) is 5.24 Å². The molecule has 1 aromatic rings. The van der Waals surface area contributed by atoms with E-state index in [0.29, 0.717) is 10.0 Å². The Bertz CT molecular complexity index is 470. The summed E-state index contributed by atoms with van der Waals surface area (Å²) in [5.74, 6) is 0. The molecule has 1 amide bonds. The minimum absolute atomic E-state index is 0.140. The minimum Gasteiger partial charge on any atom is -0.307 e. The Kier molecular flexibility index (Phi) is 3.09. The summed E-state index contributed by atoms with van der Waals surface area (Å²) in [5.41, 5.74) is 0.862. The fraction of sp³-hybridized carbons (Fsp3) is 0. The van der Waals surface area contributed by atoms with E-state index in [9.17, 15) is 4.79 Å². The van der Waals surface area contributed by atoms with E-state index in [0.717, 1.165) is 22.2 Å². The zero-order valence-electron chi connectivity index (χ0n) is 7.49. The summed E-state index contributed by atoms with van der Waals surface area (Å²) in [7, 11) is 0. The monoisotopic (exact) mass is 255 g/mol. The Morgan fingerprint density at radius 2 is 2.13 bits per heavy atom. The largest absolute Gasteiger partial charge is 0.307 e. The van der Waals surface area contributed by atoms with Gasteiger partial charge in [-0.05, 0) is 29.5 Å². The number of nitrogens with one attached hydrogen (secondary N) is 1. The Morgan fingerprint density at radius 1 is 1.40 bits per heavy atom. The molecule has 1 saturated heterocycles. The molecule has 2 rings (SSSR count). The van der Waals surface area contributed by atoms with E-state index in [1.165, 1.54) is 0 Å². The lowest BCUT2D eigenvalue weighted by molar-refractivity contribution is 0.265. The molecule has 0 saturated carbocycles. The lowest BCUT2D eigenvalue weighted by Crippen LogP contribution is -2.15. The first kappa shape index (κ1) is 10.7. The minimum atomic E-state index is -0.140. The quantitative estimate of drug-likeness (QED) is 0.616. The fourth-order valence-corrected chi connectivity index (χ4v) is 2.37. The molecule has 0 bridgehead atoms. The van der Waals surface area contributed by atoms with Gasteiger partial charge in [0.1, 0.15) is 4.99 Å². The molecule has 0 aliphatic carbocycles. The molecule has 1 fully saturated rings. The molecule has 0 atom stereocenters. The summed E-state index contributed by atoms with van der Waals surface area (Å²) in [6, 6.07) is 7.41. The number of rotatable bonds is 1. The highest BCUT2D eigenvalue weighted by Crippen LogP contribution is 2.28. The van der Waals surface area contributed by atoms with Crippen molar-refractivity contribution in [2.45, 2.75) is 0 Å². The van der Waals surface area contributed by atoms with Gasteiger partial charge in [-0.3, -0.25) is 4.79 Å². The number of hydrogen-bond acceptors (Lipinski definition) is 3. The van der Waals surface area contributed by atoms with E-state index in [1.807, 2.05) is 24.3 Å². The second kappa shape index (κ2) is 4.35. The molecule has 2 nitrogen and oxygen atoms in total. The SMILES string of the molecule is O=C1NC(=S)/C(=C/c2ccccc2Cl)S1. The number of benzene rings is 1. The Labute approximate surface area is 102 Å². The second-order valence-electron chi connectivity index (χ2n) is 2.87. The highest BCUT2D eigenvalue weighted by molar-refractivity contribution is 8.19. The molecule has 15 heavy (non-hydrogen) atoms. The molecule has 1 aliphatic rings. The number of halogens is 1. The highest BCUT2D eigenvalue weighted by Gasteiger charge is 2.21. The van der Waals surface area contributed by atoms with Crippen molar-refractivity contribution in [2.24, 2.45) is 0 Å². The van der Waals surface area contributed by atoms with Crippen molar-refractivity contribution < 1.29 is 4.79 Å². The van der Waals surface area contributed by atoms with Gasteiger partial charge in [0.15, 0.2) is 0 Å². The molecule has 1 heterocycles. The van der Waals surface area contributed by atoms with E-state index in [2.05, 4.69) is 5.32 Å². The zero-order valence-corrected chi connectivity index (χ0v) is 9.88. The summed E-state index contributed by atoms with van der Waals surface area (Å²) < 4.78 is 0. The summed E-state index contributed by atoms with van der Waals surface area (Å²) in [6.07, 6.45) is 1.81. The van der Waals surface area contributed by atoms with Crippen LogP contribution in [0.4, 0.5) is 4.79 Å². The van der Waals surface area contributed by atoms with Gasteiger partial charge in [0.2, 0.25) is 0 Å². The van der Waals surface area contributed by atoms with Crippen LogP contribution in [0.15, 0.2) is 29.2 Å². The Morgan fingerprint density at radius 3 is 2.73 bits per heavy atom. The van der Waals surface area contributed by atoms with Crippen molar-refractivity contribution in [3.63, 3.8) is 0 Å². The number of hydrogen-bond donors (Lipinski definition) is 1. The van der Waals surface area contributed by atoms with Gasteiger partial charge < -0.3 is 5.32 Å². The van der Waals surface area contributed by atoms with E-state index in [-0.39, 0.29) is 5.24 Å². The van der Waals surface area contributed by atoms with Gasteiger partial charge in [-0.1, -0.05) is 42.0 Å². The maximum absolute atomic E-state index is 11.0. The van der Waals surface area contributed by atoms with Crippen LogP contribution in [0, 0.1) is 0 Å². The van der Waals surface area contributed by atoms with Gasteiger partial charge in [0.05, 0.1) is 4.91 Å². The van der Waals surface area contributed by atoms with Crippen LogP contribution < -0.4 is 5.32 Å². The standard InChI is InChI=1S/C10H6ClNOS2/c11-7-4-2-1-3-6(7)5-8-9(14)12-10(13)15-8/h1-5H,(H,12,13,14)/b8-5-. The van der Waals surface area contributed by atoms with Crippen molar-refractivity contribution in [1.29, 1.82) is 0 Å². The van der Waals surface area contributed by atoms with Crippen LogP contribution in [0.1, 0.15) is 5.56 Å². The maximum Gasteiger partial charge on any atom is 0.289 e. The average molecular weight is 256 g/mol.